The second-order valence-electron chi connectivity index (χ2n) is 4.28. The number of nitrogens with zero attached hydrogens (tertiary/aromatic N) is 1. The van der Waals surface area contributed by atoms with E-state index in [1.165, 1.54) is 4.88 Å². The lowest BCUT2D eigenvalue weighted by Crippen LogP contribution is -2.45. The Labute approximate surface area is 102 Å². The number of hydrogen-bond donors (Lipinski definition) is 1. The standard InChI is InChI=1S/C12H22N2OS/c1-5-14-11(12(15-4)9(2)3)6-10-7-13-8-16-10/h7-9,11-12,14H,5-6H2,1-4H3. The van der Waals surface area contributed by atoms with Gasteiger partial charge in [-0.2, -0.15) is 0 Å². The summed E-state index contributed by atoms with van der Waals surface area (Å²) < 4.78 is 5.60. The third-order valence-corrected chi connectivity index (χ3v) is 3.50. The van der Waals surface area contributed by atoms with Gasteiger partial charge in [0.1, 0.15) is 0 Å². The molecule has 0 radical (unpaired) electrons. The van der Waals surface area contributed by atoms with E-state index < -0.39 is 0 Å². The van der Waals surface area contributed by atoms with E-state index in [1.807, 2.05) is 11.7 Å². The van der Waals surface area contributed by atoms with Crippen LogP contribution in [0.15, 0.2) is 11.7 Å². The average molecular weight is 242 g/mol. The lowest BCUT2D eigenvalue weighted by Gasteiger charge is -2.29. The molecule has 0 spiro atoms. The van der Waals surface area contributed by atoms with Crippen LogP contribution in [0.5, 0.6) is 0 Å². The van der Waals surface area contributed by atoms with Crippen molar-refractivity contribution in [2.75, 3.05) is 13.7 Å². The molecule has 16 heavy (non-hydrogen) atoms. The van der Waals surface area contributed by atoms with Gasteiger partial charge in [-0.25, -0.2) is 0 Å². The van der Waals surface area contributed by atoms with Gasteiger partial charge in [0.15, 0.2) is 0 Å². The minimum Gasteiger partial charge on any atom is -0.380 e. The van der Waals surface area contributed by atoms with Gasteiger partial charge in [0.2, 0.25) is 0 Å². The zero-order valence-electron chi connectivity index (χ0n) is 10.6. The lowest BCUT2D eigenvalue weighted by atomic mass is 9.96. The lowest BCUT2D eigenvalue weighted by molar-refractivity contribution is 0.0339. The summed E-state index contributed by atoms with van der Waals surface area (Å²) in [4.78, 5) is 5.43. The molecular weight excluding hydrogens is 220 g/mol. The number of likely N-dealkylation sites (N-methyl/N-ethyl adjacent to an activating group) is 1. The number of methoxy groups -OCH3 is 1. The van der Waals surface area contributed by atoms with E-state index in [9.17, 15) is 0 Å². The first-order valence-electron chi connectivity index (χ1n) is 5.82. The van der Waals surface area contributed by atoms with Gasteiger partial charge in [-0.15, -0.1) is 11.3 Å². The number of thiazole rings is 1. The maximum Gasteiger partial charge on any atom is 0.0794 e. The Balaban J connectivity index is 2.65. The molecule has 3 nitrogen and oxygen atoms in total. The zero-order chi connectivity index (χ0) is 12.0. The topological polar surface area (TPSA) is 34.2 Å². The molecule has 0 saturated carbocycles. The van der Waals surface area contributed by atoms with Crippen molar-refractivity contribution >= 4 is 11.3 Å². The van der Waals surface area contributed by atoms with Crippen LogP contribution in [0.3, 0.4) is 0 Å². The molecule has 1 N–H and O–H groups in total. The minimum absolute atomic E-state index is 0.252. The smallest absolute Gasteiger partial charge is 0.0794 e. The minimum atomic E-state index is 0.252. The first kappa shape index (κ1) is 13.6. The molecule has 92 valence electrons. The van der Waals surface area contributed by atoms with E-state index in [4.69, 9.17) is 4.74 Å². The van der Waals surface area contributed by atoms with Crippen molar-refractivity contribution in [3.63, 3.8) is 0 Å². The van der Waals surface area contributed by atoms with Crippen LogP contribution in [0, 0.1) is 5.92 Å². The average Bonchev–Trinajstić information content (AvgIpc) is 2.71. The molecule has 2 unspecified atom stereocenters. The highest BCUT2D eigenvalue weighted by molar-refractivity contribution is 7.09. The Morgan fingerprint density at radius 2 is 2.25 bits per heavy atom. The van der Waals surface area contributed by atoms with Crippen LogP contribution in [0.1, 0.15) is 25.6 Å². The molecule has 0 aliphatic carbocycles. The van der Waals surface area contributed by atoms with Crippen molar-refractivity contribution in [2.24, 2.45) is 5.92 Å². The van der Waals surface area contributed by atoms with Crippen molar-refractivity contribution in [1.82, 2.24) is 10.3 Å². The summed E-state index contributed by atoms with van der Waals surface area (Å²) in [6, 6.07) is 0.371. The highest BCUT2D eigenvalue weighted by Gasteiger charge is 2.24. The molecule has 1 heterocycles. The van der Waals surface area contributed by atoms with Crippen LogP contribution >= 0.6 is 11.3 Å². The van der Waals surface area contributed by atoms with Gasteiger partial charge < -0.3 is 10.1 Å². The fourth-order valence-corrected chi connectivity index (χ4v) is 2.68. The quantitative estimate of drug-likeness (QED) is 0.797. The number of aromatic nitrogens is 1. The second kappa shape index (κ2) is 6.99. The molecule has 0 fully saturated rings. The van der Waals surface area contributed by atoms with E-state index in [1.54, 1.807) is 18.4 Å². The summed E-state index contributed by atoms with van der Waals surface area (Å²) in [6.07, 6.45) is 3.19. The molecule has 0 aliphatic rings. The maximum absolute atomic E-state index is 5.60. The molecule has 1 rings (SSSR count). The molecule has 0 bridgehead atoms. The summed E-state index contributed by atoms with van der Waals surface area (Å²) in [6.45, 7) is 7.50. The van der Waals surface area contributed by atoms with Gasteiger partial charge in [0, 0.05) is 30.6 Å². The zero-order valence-corrected chi connectivity index (χ0v) is 11.4. The summed E-state index contributed by atoms with van der Waals surface area (Å²) in [5.41, 5.74) is 1.88. The fourth-order valence-electron chi connectivity index (χ4n) is 2.03. The van der Waals surface area contributed by atoms with Crippen molar-refractivity contribution in [3.8, 4) is 0 Å². The van der Waals surface area contributed by atoms with Gasteiger partial charge in [0.05, 0.1) is 11.6 Å². The predicted molar refractivity (Wildman–Crippen MR) is 68.9 cm³/mol. The molecule has 4 heteroatoms. The third-order valence-electron chi connectivity index (χ3n) is 2.70. The summed E-state index contributed by atoms with van der Waals surface area (Å²) >= 11 is 1.71. The van der Waals surface area contributed by atoms with Crippen LogP contribution in [-0.4, -0.2) is 30.8 Å². The molecule has 1 aromatic heterocycles. The van der Waals surface area contributed by atoms with Crippen LogP contribution < -0.4 is 5.32 Å². The highest BCUT2D eigenvalue weighted by atomic mass is 32.1. The Morgan fingerprint density at radius 3 is 2.69 bits per heavy atom. The number of hydrogen-bond acceptors (Lipinski definition) is 4. The number of rotatable bonds is 7. The SMILES string of the molecule is CCNC(Cc1cncs1)C(OC)C(C)C. The van der Waals surface area contributed by atoms with Crippen LogP contribution in [0.25, 0.3) is 0 Å². The van der Waals surface area contributed by atoms with Gasteiger partial charge >= 0.3 is 0 Å². The molecule has 2 atom stereocenters. The van der Waals surface area contributed by atoms with Gasteiger partial charge in [-0.3, -0.25) is 4.98 Å². The number of ether oxygens (including phenoxy) is 1. The van der Waals surface area contributed by atoms with E-state index in [0.29, 0.717) is 12.0 Å². The molecule has 1 aromatic rings. The normalized spacial score (nSPS) is 15.3. The van der Waals surface area contributed by atoms with E-state index in [2.05, 4.69) is 31.1 Å². The van der Waals surface area contributed by atoms with Gasteiger partial charge in [0.25, 0.3) is 0 Å². The first-order valence-corrected chi connectivity index (χ1v) is 6.70. The van der Waals surface area contributed by atoms with Crippen LogP contribution in [-0.2, 0) is 11.2 Å². The van der Waals surface area contributed by atoms with Crippen LogP contribution in [0.4, 0.5) is 0 Å². The Morgan fingerprint density at radius 1 is 1.50 bits per heavy atom. The highest BCUT2D eigenvalue weighted by Crippen LogP contribution is 2.16. The summed E-state index contributed by atoms with van der Waals surface area (Å²) in [5.74, 6) is 0.516. The first-order chi connectivity index (χ1) is 7.69. The Hall–Kier alpha value is -0.450. The Bertz CT molecular complexity index is 275. The van der Waals surface area contributed by atoms with Gasteiger partial charge in [-0.05, 0) is 12.5 Å². The molecule has 0 saturated heterocycles. The van der Waals surface area contributed by atoms with Crippen molar-refractivity contribution in [2.45, 2.75) is 39.3 Å². The molecular formula is C12H22N2OS. The molecule has 0 aliphatic heterocycles. The van der Waals surface area contributed by atoms with E-state index in [0.717, 1.165) is 13.0 Å². The molecule has 0 amide bonds. The molecule has 0 aromatic carbocycles. The van der Waals surface area contributed by atoms with E-state index >= 15 is 0 Å². The summed E-state index contributed by atoms with van der Waals surface area (Å²) in [7, 11) is 1.79. The summed E-state index contributed by atoms with van der Waals surface area (Å²) in [5, 5.41) is 3.51. The fraction of sp³-hybridized carbons (Fsp3) is 0.750. The van der Waals surface area contributed by atoms with Crippen molar-refractivity contribution < 1.29 is 4.74 Å². The largest absolute Gasteiger partial charge is 0.380 e. The predicted octanol–water partition coefficient (Wildman–Crippen LogP) is 2.33. The monoisotopic (exact) mass is 242 g/mol. The van der Waals surface area contributed by atoms with Gasteiger partial charge in [-0.1, -0.05) is 20.8 Å². The second-order valence-corrected chi connectivity index (χ2v) is 5.25. The Kier molecular flexibility index (Phi) is 5.95. The maximum atomic E-state index is 5.60. The van der Waals surface area contributed by atoms with Crippen LogP contribution in [0.2, 0.25) is 0 Å². The van der Waals surface area contributed by atoms with Crippen molar-refractivity contribution in [1.29, 1.82) is 0 Å². The number of nitrogens with one attached hydrogen (secondary N) is 1. The van der Waals surface area contributed by atoms with Crippen molar-refractivity contribution in [3.05, 3.63) is 16.6 Å². The van der Waals surface area contributed by atoms with E-state index in [-0.39, 0.29) is 6.10 Å². The third kappa shape index (κ3) is 3.85.